The van der Waals surface area contributed by atoms with Gasteiger partial charge in [0.25, 0.3) is 0 Å². The van der Waals surface area contributed by atoms with Crippen LogP contribution in [0.2, 0.25) is 0 Å². The molecule has 0 atom stereocenters. The number of ether oxygens (including phenoxy) is 1. The summed E-state index contributed by atoms with van der Waals surface area (Å²) in [5, 5.41) is 2.93. The minimum Gasteiger partial charge on any atom is -0.461 e. The Morgan fingerprint density at radius 1 is 0.971 bits per heavy atom. The van der Waals surface area contributed by atoms with Crippen molar-refractivity contribution >= 4 is 34.4 Å². The lowest BCUT2D eigenvalue weighted by molar-refractivity contribution is -0.143. The Bertz CT molecular complexity index is 1220. The molecule has 0 saturated heterocycles. The molecule has 0 fully saturated rings. The van der Waals surface area contributed by atoms with Crippen molar-refractivity contribution in [2.24, 2.45) is 0 Å². The van der Waals surface area contributed by atoms with Crippen molar-refractivity contribution in [1.82, 2.24) is 10.3 Å². The fourth-order valence-electron chi connectivity index (χ4n) is 3.56. The number of hydrogen-bond donors (Lipinski definition) is 2. The lowest BCUT2D eigenvalue weighted by atomic mass is 9.97. The summed E-state index contributed by atoms with van der Waals surface area (Å²) in [4.78, 5) is 26.8. The number of fused-ring (bicyclic) bond motifs is 1. The highest BCUT2D eigenvalue weighted by Crippen LogP contribution is 2.39. The van der Waals surface area contributed by atoms with Crippen molar-refractivity contribution in [1.29, 1.82) is 0 Å². The monoisotopic (exact) mass is 520 g/mol. The van der Waals surface area contributed by atoms with Crippen LogP contribution in [0.4, 0.5) is 26.3 Å². The van der Waals surface area contributed by atoms with Crippen molar-refractivity contribution in [3.63, 3.8) is 0 Å². The minimum atomic E-state index is -4.99. The minimum absolute atomic E-state index is 0.0577. The van der Waals surface area contributed by atoms with E-state index in [1.807, 2.05) is 0 Å². The second kappa shape index (κ2) is 10.2. The zero-order valence-electron chi connectivity index (χ0n) is 18.2. The summed E-state index contributed by atoms with van der Waals surface area (Å²) in [6.07, 6.45) is -9.86. The molecular weight excluding hydrogens is 502 g/mol. The third-order valence-electron chi connectivity index (χ3n) is 5.13. The highest BCUT2D eigenvalue weighted by Gasteiger charge is 2.37. The molecular formula is C23H19ClF6N2O3. The SMILES string of the molecule is CCOC(=O)c1[nH]c2ccc(-c3cc(C(F)(F)F)cc(C(F)(F)F)c3)cc2c1CCNC(=O)CCl. The molecule has 2 aromatic carbocycles. The molecule has 0 bridgehead atoms. The van der Waals surface area contributed by atoms with E-state index >= 15 is 0 Å². The maximum atomic E-state index is 13.3. The fraction of sp³-hybridized carbons (Fsp3) is 0.304. The number of nitrogens with one attached hydrogen (secondary N) is 2. The normalized spacial score (nSPS) is 12.1. The predicted octanol–water partition coefficient (Wildman–Crippen LogP) is 5.95. The average molecular weight is 521 g/mol. The summed E-state index contributed by atoms with van der Waals surface area (Å²) in [6, 6.07) is 5.51. The van der Waals surface area contributed by atoms with Crippen LogP contribution in [-0.2, 0) is 28.3 Å². The largest absolute Gasteiger partial charge is 0.461 e. The molecule has 1 aromatic heterocycles. The maximum Gasteiger partial charge on any atom is 0.416 e. The number of benzene rings is 2. The number of hydrogen-bond acceptors (Lipinski definition) is 3. The van der Waals surface area contributed by atoms with Crippen molar-refractivity contribution in [2.75, 3.05) is 19.0 Å². The summed E-state index contributed by atoms with van der Waals surface area (Å²) >= 11 is 5.46. The number of halogens is 7. The first-order valence-electron chi connectivity index (χ1n) is 10.3. The Kier molecular flexibility index (Phi) is 7.68. The molecule has 0 aliphatic rings. The van der Waals surface area contributed by atoms with Gasteiger partial charge >= 0.3 is 18.3 Å². The fourth-order valence-corrected chi connectivity index (χ4v) is 3.65. The zero-order valence-corrected chi connectivity index (χ0v) is 18.9. The maximum absolute atomic E-state index is 13.3. The number of aromatic amines is 1. The van der Waals surface area contributed by atoms with Gasteiger partial charge in [0, 0.05) is 17.4 Å². The molecule has 0 spiro atoms. The zero-order chi connectivity index (χ0) is 26.0. The van der Waals surface area contributed by atoms with Crippen molar-refractivity contribution in [3.05, 3.63) is 58.8 Å². The van der Waals surface area contributed by atoms with Crippen LogP contribution in [0.15, 0.2) is 36.4 Å². The smallest absolute Gasteiger partial charge is 0.416 e. The van der Waals surface area contributed by atoms with Gasteiger partial charge in [-0.3, -0.25) is 4.79 Å². The van der Waals surface area contributed by atoms with E-state index in [4.69, 9.17) is 16.3 Å². The van der Waals surface area contributed by atoms with Gasteiger partial charge in [-0.2, -0.15) is 26.3 Å². The van der Waals surface area contributed by atoms with Crippen molar-refractivity contribution in [2.45, 2.75) is 25.7 Å². The number of esters is 1. The van der Waals surface area contributed by atoms with Gasteiger partial charge < -0.3 is 15.0 Å². The molecule has 12 heteroatoms. The van der Waals surface area contributed by atoms with Gasteiger partial charge in [-0.05, 0) is 60.4 Å². The lowest BCUT2D eigenvalue weighted by Crippen LogP contribution is -2.27. The highest BCUT2D eigenvalue weighted by molar-refractivity contribution is 6.27. The van der Waals surface area contributed by atoms with E-state index in [1.54, 1.807) is 6.92 Å². The average Bonchev–Trinajstić information content (AvgIpc) is 3.15. The van der Waals surface area contributed by atoms with Crippen LogP contribution in [0.25, 0.3) is 22.0 Å². The van der Waals surface area contributed by atoms with E-state index in [0.29, 0.717) is 28.6 Å². The molecule has 3 rings (SSSR count). The number of amides is 1. The number of alkyl halides is 7. The summed E-state index contributed by atoms with van der Waals surface area (Å²) in [7, 11) is 0. The molecule has 188 valence electrons. The second-order valence-corrected chi connectivity index (χ2v) is 7.75. The topological polar surface area (TPSA) is 71.2 Å². The lowest BCUT2D eigenvalue weighted by Gasteiger charge is -2.14. The number of rotatable bonds is 7. The third kappa shape index (κ3) is 6.08. The van der Waals surface area contributed by atoms with Crippen LogP contribution >= 0.6 is 11.6 Å². The van der Waals surface area contributed by atoms with Crippen molar-refractivity contribution < 1.29 is 40.7 Å². The van der Waals surface area contributed by atoms with E-state index in [-0.39, 0.29) is 48.3 Å². The molecule has 0 unspecified atom stereocenters. The Morgan fingerprint density at radius 2 is 1.60 bits per heavy atom. The standard InChI is InChI=1S/C23H19ClF6N2O3/c1-2-35-21(34)20-16(5-6-31-19(33)11-24)17-9-12(3-4-18(17)32-20)13-7-14(22(25,26)27)10-15(8-13)23(28,29)30/h3-4,7-10,32H,2,5-6,11H2,1H3,(H,31,33). The molecule has 0 saturated carbocycles. The first-order chi connectivity index (χ1) is 16.3. The van der Waals surface area contributed by atoms with E-state index in [1.165, 1.54) is 18.2 Å². The molecule has 0 aliphatic carbocycles. The quantitative estimate of drug-likeness (QED) is 0.230. The van der Waals surface area contributed by atoms with Gasteiger partial charge in [-0.15, -0.1) is 11.6 Å². The van der Waals surface area contributed by atoms with E-state index in [0.717, 1.165) is 0 Å². The second-order valence-electron chi connectivity index (χ2n) is 7.49. The van der Waals surface area contributed by atoms with Crippen LogP contribution in [-0.4, -0.2) is 35.9 Å². The highest BCUT2D eigenvalue weighted by atomic mass is 35.5. The Balaban J connectivity index is 2.15. The van der Waals surface area contributed by atoms with Crippen LogP contribution in [0.3, 0.4) is 0 Å². The van der Waals surface area contributed by atoms with Gasteiger partial charge in [-0.25, -0.2) is 4.79 Å². The number of carbonyl (C=O) groups is 2. The van der Waals surface area contributed by atoms with E-state index in [9.17, 15) is 35.9 Å². The Labute approximate surface area is 200 Å². The summed E-state index contributed by atoms with van der Waals surface area (Å²) in [5.74, 6) is -1.42. The van der Waals surface area contributed by atoms with Gasteiger partial charge in [0.2, 0.25) is 5.91 Å². The molecule has 0 radical (unpaired) electrons. The van der Waals surface area contributed by atoms with Gasteiger partial charge in [0.1, 0.15) is 11.6 Å². The molecule has 0 aliphatic heterocycles. The summed E-state index contributed by atoms with van der Waals surface area (Å²) in [5.41, 5.74) is -2.22. The Morgan fingerprint density at radius 3 is 2.14 bits per heavy atom. The number of carbonyl (C=O) groups excluding carboxylic acids is 2. The molecule has 5 nitrogen and oxygen atoms in total. The summed E-state index contributed by atoms with van der Waals surface area (Å²) in [6.45, 7) is 1.76. The first-order valence-corrected chi connectivity index (χ1v) is 10.8. The molecule has 3 aromatic rings. The molecule has 1 heterocycles. The van der Waals surface area contributed by atoms with Crippen LogP contribution in [0.1, 0.15) is 34.1 Å². The number of H-pyrrole nitrogens is 1. The van der Waals surface area contributed by atoms with E-state index in [2.05, 4.69) is 10.3 Å². The number of aromatic nitrogens is 1. The third-order valence-corrected chi connectivity index (χ3v) is 5.37. The van der Waals surface area contributed by atoms with Crippen LogP contribution in [0, 0.1) is 0 Å². The molecule has 2 N–H and O–H groups in total. The first kappa shape index (κ1) is 26.4. The predicted molar refractivity (Wildman–Crippen MR) is 117 cm³/mol. The van der Waals surface area contributed by atoms with E-state index < -0.39 is 35.4 Å². The summed E-state index contributed by atoms with van der Waals surface area (Å²) < 4.78 is 84.8. The van der Waals surface area contributed by atoms with Crippen LogP contribution in [0.5, 0.6) is 0 Å². The molecule has 1 amide bonds. The van der Waals surface area contributed by atoms with Gasteiger partial charge in [0.15, 0.2) is 0 Å². The van der Waals surface area contributed by atoms with Crippen LogP contribution < -0.4 is 5.32 Å². The molecule has 35 heavy (non-hydrogen) atoms. The van der Waals surface area contributed by atoms with Crippen molar-refractivity contribution in [3.8, 4) is 11.1 Å². The van der Waals surface area contributed by atoms with Gasteiger partial charge in [0.05, 0.1) is 17.7 Å². The Hall–Kier alpha value is -3.21. The van der Waals surface area contributed by atoms with Gasteiger partial charge in [-0.1, -0.05) is 6.07 Å².